The number of aromatic nitrogens is 2. The third-order valence-electron chi connectivity index (χ3n) is 3.67. The normalized spacial score (nSPS) is 24.6. The first kappa shape index (κ1) is 12.1. The largest absolute Gasteiger partial charge is 0.474 e. The number of nitrogens with two attached hydrogens (primary N) is 1. The van der Waals surface area contributed by atoms with Crippen molar-refractivity contribution < 1.29 is 4.74 Å². The highest BCUT2D eigenvalue weighted by Crippen LogP contribution is 2.30. The van der Waals surface area contributed by atoms with Crippen LogP contribution in [-0.4, -0.2) is 16.1 Å². The lowest BCUT2D eigenvalue weighted by Crippen LogP contribution is -2.25. The van der Waals surface area contributed by atoms with Crippen molar-refractivity contribution in [3.8, 4) is 5.88 Å². The Labute approximate surface area is 103 Å². The third kappa shape index (κ3) is 2.87. The average molecular weight is 235 g/mol. The molecule has 2 atom stereocenters. The van der Waals surface area contributed by atoms with E-state index in [4.69, 9.17) is 10.5 Å². The second kappa shape index (κ2) is 5.34. The molecule has 0 spiro atoms. The molecule has 1 aliphatic carbocycles. The lowest BCUT2D eigenvalue weighted by atomic mass is 9.85. The van der Waals surface area contributed by atoms with Crippen LogP contribution >= 0.6 is 0 Å². The summed E-state index contributed by atoms with van der Waals surface area (Å²) in [6.45, 7) is 4.16. The van der Waals surface area contributed by atoms with Crippen molar-refractivity contribution in [2.75, 3.05) is 5.73 Å². The maximum absolute atomic E-state index is 5.97. The van der Waals surface area contributed by atoms with Crippen molar-refractivity contribution in [1.29, 1.82) is 0 Å². The molecule has 17 heavy (non-hydrogen) atoms. The summed E-state index contributed by atoms with van der Waals surface area (Å²) in [6.07, 6.45) is 7.86. The predicted octanol–water partition coefficient (Wildman–Crippen LogP) is 2.71. The number of ether oxygens (including phenoxy) is 1. The zero-order valence-electron chi connectivity index (χ0n) is 10.6. The molecular weight excluding hydrogens is 214 g/mol. The molecule has 0 amide bonds. The molecule has 4 nitrogen and oxygen atoms in total. The van der Waals surface area contributed by atoms with E-state index >= 15 is 0 Å². The van der Waals surface area contributed by atoms with Gasteiger partial charge in [-0.15, -0.1) is 0 Å². The Bertz CT molecular complexity index is 381. The minimum absolute atomic E-state index is 0.293. The number of hydrogen-bond donors (Lipinski definition) is 1. The molecule has 0 aromatic carbocycles. The zero-order valence-corrected chi connectivity index (χ0v) is 10.6. The summed E-state index contributed by atoms with van der Waals surface area (Å²) in [5.74, 6) is 1.96. The van der Waals surface area contributed by atoms with Gasteiger partial charge >= 0.3 is 0 Å². The van der Waals surface area contributed by atoms with Crippen LogP contribution in [0.1, 0.15) is 44.6 Å². The molecule has 1 aromatic heterocycles. The summed E-state index contributed by atoms with van der Waals surface area (Å²) in [5, 5.41) is 0. The highest BCUT2D eigenvalue weighted by molar-refractivity contribution is 5.43. The fourth-order valence-electron chi connectivity index (χ4n) is 2.44. The lowest BCUT2D eigenvalue weighted by Gasteiger charge is -2.28. The minimum Gasteiger partial charge on any atom is -0.474 e. The topological polar surface area (TPSA) is 61.0 Å². The van der Waals surface area contributed by atoms with E-state index < -0.39 is 0 Å². The Hall–Kier alpha value is -1.32. The smallest absolute Gasteiger partial charge is 0.221 e. The van der Waals surface area contributed by atoms with Gasteiger partial charge in [-0.1, -0.05) is 19.8 Å². The Morgan fingerprint density at radius 1 is 1.41 bits per heavy atom. The minimum atomic E-state index is 0.293. The summed E-state index contributed by atoms with van der Waals surface area (Å²) in [7, 11) is 0. The number of rotatable bonds is 3. The van der Waals surface area contributed by atoms with Gasteiger partial charge in [-0.3, -0.25) is 0 Å². The Morgan fingerprint density at radius 2 is 2.24 bits per heavy atom. The van der Waals surface area contributed by atoms with Crippen LogP contribution in [0.2, 0.25) is 0 Å². The van der Waals surface area contributed by atoms with E-state index in [1.807, 2.05) is 6.92 Å². The molecule has 0 radical (unpaired) electrons. The Balaban J connectivity index is 2.02. The molecule has 2 unspecified atom stereocenters. The van der Waals surface area contributed by atoms with E-state index in [9.17, 15) is 0 Å². The van der Waals surface area contributed by atoms with E-state index in [0.29, 0.717) is 17.8 Å². The quantitative estimate of drug-likeness (QED) is 0.875. The molecule has 0 bridgehead atoms. The predicted molar refractivity (Wildman–Crippen MR) is 67.8 cm³/mol. The Morgan fingerprint density at radius 3 is 3.00 bits per heavy atom. The number of nitrogen functional groups attached to an aromatic ring is 1. The van der Waals surface area contributed by atoms with Crippen LogP contribution < -0.4 is 10.5 Å². The van der Waals surface area contributed by atoms with Crippen molar-refractivity contribution in [3.63, 3.8) is 0 Å². The number of anilines is 1. The monoisotopic (exact) mass is 235 g/mol. The number of hydrogen-bond acceptors (Lipinski definition) is 4. The maximum atomic E-state index is 5.97. The molecule has 1 saturated carbocycles. The van der Waals surface area contributed by atoms with Gasteiger partial charge in [0.1, 0.15) is 18.2 Å². The molecule has 4 heteroatoms. The fourth-order valence-corrected chi connectivity index (χ4v) is 2.44. The van der Waals surface area contributed by atoms with E-state index in [2.05, 4.69) is 16.9 Å². The van der Waals surface area contributed by atoms with Crippen molar-refractivity contribution in [3.05, 3.63) is 11.9 Å². The van der Waals surface area contributed by atoms with Gasteiger partial charge in [-0.25, -0.2) is 9.97 Å². The van der Waals surface area contributed by atoms with Gasteiger partial charge in [0.05, 0.1) is 5.56 Å². The van der Waals surface area contributed by atoms with Crippen LogP contribution in [-0.2, 0) is 0 Å². The van der Waals surface area contributed by atoms with Crippen LogP contribution in [0, 0.1) is 12.8 Å². The van der Waals surface area contributed by atoms with Gasteiger partial charge < -0.3 is 10.5 Å². The molecule has 1 fully saturated rings. The van der Waals surface area contributed by atoms with Gasteiger partial charge in [0, 0.05) is 0 Å². The van der Waals surface area contributed by atoms with Gasteiger partial charge in [-0.05, 0) is 32.1 Å². The van der Waals surface area contributed by atoms with Crippen molar-refractivity contribution in [2.24, 2.45) is 5.92 Å². The first-order valence-electron chi connectivity index (χ1n) is 6.44. The third-order valence-corrected chi connectivity index (χ3v) is 3.67. The molecule has 1 aromatic rings. The molecule has 1 aliphatic rings. The molecule has 0 aliphatic heterocycles. The molecule has 0 saturated heterocycles. The van der Waals surface area contributed by atoms with E-state index in [1.54, 1.807) is 0 Å². The molecule has 1 heterocycles. The molecule has 94 valence electrons. The fraction of sp³-hybridized carbons (Fsp3) is 0.692. The average Bonchev–Trinajstić information content (AvgIpc) is 2.35. The van der Waals surface area contributed by atoms with Crippen molar-refractivity contribution in [2.45, 2.75) is 52.1 Å². The molecule has 2 N–H and O–H groups in total. The summed E-state index contributed by atoms with van der Waals surface area (Å²) in [4.78, 5) is 8.12. The van der Waals surface area contributed by atoms with E-state index in [1.165, 1.54) is 25.6 Å². The first-order chi connectivity index (χ1) is 8.20. The highest BCUT2D eigenvalue weighted by Gasteiger charge is 2.23. The number of nitrogens with zero attached hydrogens (tertiary/aromatic N) is 2. The van der Waals surface area contributed by atoms with Gasteiger partial charge in [0.25, 0.3) is 0 Å². The maximum Gasteiger partial charge on any atom is 0.221 e. The zero-order chi connectivity index (χ0) is 12.3. The van der Waals surface area contributed by atoms with E-state index in [0.717, 1.165) is 24.3 Å². The first-order valence-corrected chi connectivity index (χ1v) is 6.44. The van der Waals surface area contributed by atoms with Crippen LogP contribution in [0.25, 0.3) is 0 Å². The van der Waals surface area contributed by atoms with E-state index in [-0.39, 0.29) is 0 Å². The van der Waals surface area contributed by atoms with Gasteiger partial charge in [-0.2, -0.15) is 0 Å². The summed E-state index contributed by atoms with van der Waals surface area (Å²) in [5.41, 5.74) is 6.60. The van der Waals surface area contributed by atoms with Gasteiger partial charge in [0.2, 0.25) is 5.88 Å². The SMILES string of the molecule is CCC1CCCC(Oc2ncnc(N)c2C)C1. The Kier molecular flexibility index (Phi) is 3.82. The standard InChI is InChI=1S/C13H21N3O/c1-3-10-5-4-6-11(7-10)17-13-9(2)12(14)15-8-16-13/h8,10-11H,3-7H2,1-2H3,(H2,14,15,16). The van der Waals surface area contributed by atoms with Crippen LogP contribution in [0.4, 0.5) is 5.82 Å². The summed E-state index contributed by atoms with van der Waals surface area (Å²) >= 11 is 0. The molecule has 2 rings (SSSR count). The lowest BCUT2D eigenvalue weighted by molar-refractivity contribution is 0.116. The van der Waals surface area contributed by atoms with Gasteiger partial charge in [0.15, 0.2) is 0 Å². The van der Waals surface area contributed by atoms with Crippen molar-refractivity contribution >= 4 is 5.82 Å². The second-order valence-electron chi connectivity index (χ2n) is 4.87. The summed E-state index contributed by atoms with van der Waals surface area (Å²) in [6, 6.07) is 0. The summed E-state index contributed by atoms with van der Waals surface area (Å²) < 4.78 is 5.97. The van der Waals surface area contributed by atoms with Crippen molar-refractivity contribution in [1.82, 2.24) is 9.97 Å². The molecular formula is C13H21N3O. The second-order valence-corrected chi connectivity index (χ2v) is 4.87. The highest BCUT2D eigenvalue weighted by atomic mass is 16.5. The van der Waals surface area contributed by atoms with Crippen LogP contribution in [0.15, 0.2) is 6.33 Å². The van der Waals surface area contributed by atoms with Crippen LogP contribution in [0.3, 0.4) is 0 Å². The van der Waals surface area contributed by atoms with Crippen LogP contribution in [0.5, 0.6) is 5.88 Å².